The van der Waals surface area contributed by atoms with Crippen LogP contribution in [0.1, 0.15) is 64.9 Å². The zero-order valence-electron chi connectivity index (χ0n) is 33.5. The van der Waals surface area contributed by atoms with Gasteiger partial charge in [0.2, 0.25) is 23.6 Å². The van der Waals surface area contributed by atoms with Gasteiger partial charge in [0.05, 0.1) is 25.5 Å². The van der Waals surface area contributed by atoms with Crippen LogP contribution in [0.25, 0.3) is 10.9 Å². The summed E-state index contributed by atoms with van der Waals surface area (Å²) in [6.45, 7) is 7.82. The number of nitrogens with one attached hydrogen (secondary N) is 5. The quantitative estimate of drug-likeness (QED) is 0.0896. The SMILES string of the molecule is COC(=O)C[C@H](NC(=O)[C@@H](NC(=O)c1ccc2ccccc2n1)C(C)C)C(=O)N[C@H](C(=O)NC(C)(C)C(=O)NC(CC(=O)O)C(=O)COc1c(F)cccc1F)C(C)C. The third kappa shape index (κ3) is 13.3. The monoisotopic (exact) mass is 826 g/mol. The van der Waals surface area contributed by atoms with Crippen molar-refractivity contribution in [2.75, 3.05) is 13.7 Å². The molecule has 1 heterocycles. The Balaban J connectivity index is 1.74. The van der Waals surface area contributed by atoms with Crippen LogP contribution >= 0.6 is 0 Å². The van der Waals surface area contributed by atoms with Crippen LogP contribution in [0.2, 0.25) is 0 Å². The molecule has 0 aliphatic rings. The van der Waals surface area contributed by atoms with Gasteiger partial charge in [0.1, 0.15) is 42.0 Å². The maximum atomic E-state index is 14.0. The van der Waals surface area contributed by atoms with Gasteiger partial charge in [0.15, 0.2) is 23.2 Å². The molecule has 1 aromatic heterocycles. The van der Waals surface area contributed by atoms with E-state index in [1.807, 2.05) is 12.1 Å². The Labute approximate surface area is 338 Å². The number of para-hydroxylation sites is 2. The van der Waals surface area contributed by atoms with Gasteiger partial charge in [-0.05, 0) is 49.9 Å². The third-order valence-electron chi connectivity index (χ3n) is 8.90. The topological polar surface area (TPSA) is 248 Å². The van der Waals surface area contributed by atoms with Crippen molar-refractivity contribution in [3.05, 3.63) is 71.9 Å². The van der Waals surface area contributed by atoms with E-state index in [9.17, 15) is 52.2 Å². The predicted molar refractivity (Wildman–Crippen MR) is 206 cm³/mol. The van der Waals surface area contributed by atoms with Crippen LogP contribution in [0.5, 0.6) is 5.75 Å². The van der Waals surface area contributed by atoms with Gasteiger partial charge >= 0.3 is 11.9 Å². The number of hydrogen-bond acceptors (Lipinski definition) is 11. The van der Waals surface area contributed by atoms with Gasteiger partial charge in [-0.3, -0.25) is 38.4 Å². The second-order valence-corrected chi connectivity index (χ2v) is 14.7. The van der Waals surface area contributed by atoms with E-state index in [4.69, 9.17) is 9.47 Å². The lowest BCUT2D eigenvalue weighted by atomic mass is 9.98. The number of aliphatic carboxylic acids is 1. The fraction of sp³-hybridized carbons (Fsp3) is 0.425. The molecule has 17 nitrogen and oxygen atoms in total. The van der Waals surface area contributed by atoms with Crippen molar-refractivity contribution < 1.29 is 61.7 Å². The number of carbonyl (C=O) groups is 8. The molecule has 3 rings (SSSR count). The normalized spacial score (nSPS) is 13.3. The summed E-state index contributed by atoms with van der Waals surface area (Å²) in [5, 5.41) is 22.4. The van der Waals surface area contributed by atoms with Crippen molar-refractivity contribution in [1.82, 2.24) is 31.6 Å². The van der Waals surface area contributed by atoms with Crippen LogP contribution in [0, 0.1) is 23.5 Å². The molecule has 318 valence electrons. The Kier molecular flexibility index (Phi) is 16.5. The predicted octanol–water partition coefficient (Wildman–Crippen LogP) is 1.96. The summed E-state index contributed by atoms with van der Waals surface area (Å²) in [5.41, 5.74) is -1.29. The summed E-state index contributed by atoms with van der Waals surface area (Å²) >= 11 is 0. The van der Waals surface area contributed by atoms with Gasteiger partial charge in [0.25, 0.3) is 5.91 Å². The van der Waals surface area contributed by atoms with E-state index in [1.54, 1.807) is 45.9 Å². The first-order valence-electron chi connectivity index (χ1n) is 18.4. The summed E-state index contributed by atoms with van der Waals surface area (Å²) < 4.78 is 37.7. The van der Waals surface area contributed by atoms with Gasteiger partial charge in [-0.2, -0.15) is 0 Å². The number of halogens is 2. The first kappa shape index (κ1) is 46.8. The number of nitrogens with zero attached hydrogens (tertiary/aromatic N) is 1. The molecule has 0 bridgehead atoms. The second kappa shape index (κ2) is 20.8. The molecule has 3 aromatic rings. The summed E-state index contributed by atoms with van der Waals surface area (Å²) in [7, 11) is 1.06. The molecule has 6 N–H and O–H groups in total. The standard InChI is InChI=1S/C40H48F2N6O11/c1-20(2)32(46-35(53)26-16-15-22-11-8-9-14-25(22)43-26)37(55)44-28(18-31(52)58-7)36(54)47-33(21(3)4)38(56)48-40(5,6)39(57)45-27(17-30(50)51)29(49)19-59-34-23(41)12-10-13-24(34)42/h8-16,20-21,27-28,32-33H,17-19H2,1-7H3,(H,44,55)(H,45,57)(H,46,53)(H,47,54)(H,48,56)(H,50,51)/t27?,28-,32-,33-/m0/s1. The van der Waals surface area contributed by atoms with E-state index < -0.39 is 126 Å². The molecule has 59 heavy (non-hydrogen) atoms. The van der Waals surface area contributed by atoms with Crippen molar-refractivity contribution in [2.24, 2.45) is 11.8 Å². The molecule has 0 saturated carbocycles. The molecular formula is C40H48F2N6O11. The highest BCUT2D eigenvalue weighted by Crippen LogP contribution is 2.21. The van der Waals surface area contributed by atoms with E-state index in [0.717, 1.165) is 30.7 Å². The lowest BCUT2D eigenvalue weighted by Crippen LogP contribution is -2.63. The molecule has 0 saturated heterocycles. The molecule has 0 aliphatic heterocycles. The van der Waals surface area contributed by atoms with Gasteiger partial charge in [-0.25, -0.2) is 13.8 Å². The molecular weight excluding hydrogens is 778 g/mol. The number of Topliss-reactive ketones (excluding diaryl/α,β-unsaturated/α-hetero) is 1. The van der Waals surface area contributed by atoms with E-state index >= 15 is 0 Å². The van der Waals surface area contributed by atoms with Crippen LogP contribution in [0.15, 0.2) is 54.6 Å². The van der Waals surface area contributed by atoms with Crippen LogP contribution < -0.4 is 31.3 Å². The Bertz CT molecular complexity index is 2060. The largest absolute Gasteiger partial charge is 0.481 e. The molecule has 19 heteroatoms. The number of amides is 5. The van der Waals surface area contributed by atoms with Gasteiger partial charge in [0, 0.05) is 5.39 Å². The van der Waals surface area contributed by atoms with Crippen molar-refractivity contribution in [3.63, 3.8) is 0 Å². The van der Waals surface area contributed by atoms with Crippen molar-refractivity contribution >= 4 is 58.2 Å². The molecule has 1 unspecified atom stereocenters. The van der Waals surface area contributed by atoms with Crippen LogP contribution in [-0.2, 0) is 38.3 Å². The minimum atomic E-state index is -1.87. The molecule has 4 atom stereocenters. The number of rotatable bonds is 20. The summed E-state index contributed by atoms with van der Waals surface area (Å²) in [6.07, 6.45) is -1.62. The van der Waals surface area contributed by atoms with Gasteiger partial charge < -0.3 is 41.2 Å². The average Bonchev–Trinajstić information content (AvgIpc) is 3.16. The minimum absolute atomic E-state index is 0.0304. The molecule has 0 radical (unpaired) electrons. The van der Waals surface area contributed by atoms with E-state index in [-0.39, 0.29) is 5.69 Å². The number of hydrogen-bond donors (Lipinski definition) is 6. The first-order chi connectivity index (χ1) is 27.6. The van der Waals surface area contributed by atoms with Crippen molar-refractivity contribution in [1.29, 1.82) is 0 Å². The Morgan fingerprint density at radius 2 is 1.34 bits per heavy atom. The molecule has 2 aromatic carbocycles. The van der Waals surface area contributed by atoms with Crippen LogP contribution in [0.4, 0.5) is 8.78 Å². The van der Waals surface area contributed by atoms with E-state index in [0.29, 0.717) is 5.52 Å². The first-order valence-corrected chi connectivity index (χ1v) is 18.4. The fourth-order valence-corrected chi connectivity index (χ4v) is 5.52. The number of esters is 1. The van der Waals surface area contributed by atoms with Gasteiger partial charge in [-0.15, -0.1) is 0 Å². The summed E-state index contributed by atoms with van der Waals surface area (Å²) in [5.74, 6) is -12.2. The minimum Gasteiger partial charge on any atom is -0.481 e. The summed E-state index contributed by atoms with van der Waals surface area (Å²) in [6, 6.07) is 7.14. The average molecular weight is 827 g/mol. The maximum Gasteiger partial charge on any atom is 0.308 e. The lowest BCUT2D eigenvalue weighted by molar-refractivity contribution is -0.144. The van der Waals surface area contributed by atoms with Crippen molar-refractivity contribution in [2.45, 2.75) is 84.1 Å². The number of carboxylic acid groups (broad SMARTS) is 1. The number of aromatic nitrogens is 1. The zero-order valence-corrected chi connectivity index (χ0v) is 33.5. The Morgan fingerprint density at radius 3 is 1.93 bits per heavy atom. The number of methoxy groups -OCH3 is 1. The number of ether oxygens (including phenoxy) is 2. The number of ketones is 1. The zero-order chi connectivity index (χ0) is 44.2. The Morgan fingerprint density at radius 1 is 0.729 bits per heavy atom. The second-order valence-electron chi connectivity index (χ2n) is 14.7. The lowest BCUT2D eigenvalue weighted by Gasteiger charge is -2.31. The van der Waals surface area contributed by atoms with Crippen molar-refractivity contribution in [3.8, 4) is 5.75 Å². The molecule has 5 amide bonds. The molecule has 0 fully saturated rings. The van der Waals surface area contributed by atoms with Crippen LogP contribution in [-0.4, -0.2) is 101 Å². The third-order valence-corrected chi connectivity index (χ3v) is 8.90. The number of carboxylic acids is 1. The Hall–Kier alpha value is -6.53. The smallest absolute Gasteiger partial charge is 0.308 e. The highest BCUT2D eigenvalue weighted by Gasteiger charge is 2.38. The maximum absolute atomic E-state index is 14.0. The number of pyridine rings is 1. The number of fused-ring (bicyclic) bond motifs is 1. The van der Waals surface area contributed by atoms with Crippen LogP contribution in [0.3, 0.4) is 0 Å². The fourth-order valence-electron chi connectivity index (χ4n) is 5.52. The van der Waals surface area contributed by atoms with Gasteiger partial charge in [-0.1, -0.05) is 58.0 Å². The summed E-state index contributed by atoms with van der Waals surface area (Å²) in [4.78, 5) is 109. The molecule has 0 spiro atoms. The van der Waals surface area contributed by atoms with E-state index in [1.165, 1.54) is 19.9 Å². The van der Waals surface area contributed by atoms with E-state index in [2.05, 4.69) is 31.6 Å². The number of carbonyl (C=O) groups excluding carboxylic acids is 7. The highest BCUT2D eigenvalue weighted by molar-refractivity contribution is 6.01. The number of benzene rings is 2. The highest BCUT2D eigenvalue weighted by atomic mass is 19.1. The molecule has 0 aliphatic carbocycles.